The highest BCUT2D eigenvalue weighted by molar-refractivity contribution is 5.92. The summed E-state index contributed by atoms with van der Waals surface area (Å²) in [5.41, 5.74) is 9.50. The molecule has 202 valence electrons. The van der Waals surface area contributed by atoms with Crippen LogP contribution in [-0.2, 0) is 11.3 Å². The van der Waals surface area contributed by atoms with Gasteiger partial charge in [0.25, 0.3) is 0 Å². The average molecular weight is 534 g/mol. The normalized spacial score (nSPS) is 26.2. The number of likely N-dealkylation sites (N-methyl/N-ethyl adjacent to an activating group) is 1. The number of urea groups is 1. The van der Waals surface area contributed by atoms with Crippen molar-refractivity contribution in [2.75, 3.05) is 25.5 Å². The number of primary amides is 1. The fourth-order valence-electron chi connectivity index (χ4n) is 5.86. The summed E-state index contributed by atoms with van der Waals surface area (Å²) >= 11 is 0. The van der Waals surface area contributed by atoms with Gasteiger partial charge < -0.3 is 25.0 Å². The maximum absolute atomic E-state index is 14.8. The standard InChI is InChI=1S/C29H29F2N5O3/c1-35-10-9-25(26(37)14-35)36-24-8-5-16(12-23(24)33-29(36)34-28(32)38)11-20-18-3-2-4-22(31)21(18)15-39-27-13-17(30)6-7-19(20)27/h2-8,11-13,19,25-27,37H,9-10,14-15H2,1H3,(H3,32,33,34,38)/b20-11+/t19?,25-,26-,27?/m0/s1. The Morgan fingerprint density at radius 1 is 1.28 bits per heavy atom. The van der Waals surface area contributed by atoms with Gasteiger partial charge in [0.2, 0.25) is 5.95 Å². The van der Waals surface area contributed by atoms with Crippen molar-refractivity contribution in [3.63, 3.8) is 0 Å². The molecule has 1 saturated heterocycles. The molecular formula is C29H29F2N5O3. The van der Waals surface area contributed by atoms with Crippen molar-refractivity contribution in [2.45, 2.75) is 31.3 Å². The highest BCUT2D eigenvalue weighted by Gasteiger charge is 2.33. The lowest BCUT2D eigenvalue weighted by Gasteiger charge is -2.35. The molecule has 6 rings (SSSR count). The number of ether oxygens (including phenoxy) is 1. The quantitative estimate of drug-likeness (QED) is 0.463. The van der Waals surface area contributed by atoms with Crippen LogP contribution in [0, 0.1) is 11.7 Å². The number of allylic oxidation sites excluding steroid dienone is 2. The summed E-state index contributed by atoms with van der Waals surface area (Å²) in [7, 11) is 1.95. The molecule has 1 fully saturated rings. The Morgan fingerprint density at radius 3 is 2.92 bits per heavy atom. The molecule has 4 atom stereocenters. The summed E-state index contributed by atoms with van der Waals surface area (Å²) in [5.74, 6) is -0.817. The van der Waals surface area contributed by atoms with Crippen LogP contribution in [-0.4, -0.2) is 57.9 Å². The first-order chi connectivity index (χ1) is 18.8. The summed E-state index contributed by atoms with van der Waals surface area (Å²) in [6, 6.07) is 9.53. The Kier molecular flexibility index (Phi) is 6.54. The number of aromatic nitrogens is 2. The smallest absolute Gasteiger partial charge is 0.318 e. The minimum absolute atomic E-state index is 0.0304. The molecule has 0 saturated carbocycles. The lowest BCUT2D eigenvalue weighted by Crippen LogP contribution is -2.43. The maximum Gasteiger partial charge on any atom is 0.318 e. The molecule has 2 amide bonds. The second-order valence-corrected chi connectivity index (χ2v) is 10.3. The second kappa shape index (κ2) is 10.0. The number of piperidine rings is 1. The van der Waals surface area contributed by atoms with E-state index in [1.165, 1.54) is 18.2 Å². The summed E-state index contributed by atoms with van der Waals surface area (Å²) in [6.07, 6.45) is 5.95. The third-order valence-electron chi connectivity index (χ3n) is 7.70. The van der Waals surface area contributed by atoms with Gasteiger partial charge in [0.1, 0.15) is 11.6 Å². The number of fused-ring (bicyclic) bond motifs is 3. The first-order valence-corrected chi connectivity index (χ1v) is 12.9. The fourth-order valence-corrected chi connectivity index (χ4v) is 5.86. The van der Waals surface area contributed by atoms with Crippen LogP contribution in [0.15, 0.2) is 60.5 Å². The largest absolute Gasteiger partial charge is 0.390 e. The molecule has 2 unspecified atom stereocenters. The van der Waals surface area contributed by atoms with Gasteiger partial charge in [-0.3, -0.25) is 5.32 Å². The Morgan fingerprint density at radius 2 is 2.13 bits per heavy atom. The number of hydrogen-bond donors (Lipinski definition) is 3. The molecule has 1 aromatic heterocycles. The maximum atomic E-state index is 14.8. The number of carbonyl (C=O) groups is 1. The minimum atomic E-state index is -0.746. The fraction of sp³-hybridized carbons (Fsp3) is 0.310. The Labute approximate surface area is 224 Å². The van der Waals surface area contributed by atoms with Gasteiger partial charge in [0, 0.05) is 24.6 Å². The summed E-state index contributed by atoms with van der Waals surface area (Å²) < 4.78 is 36.7. The van der Waals surface area contributed by atoms with Gasteiger partial charge in [-0.2, -0.15) is 0 Å². The predicted octanol–water partition coefficient (Wildman–Crippen LogP) is 4.38. The van der Waals surface area contributed by atoms with Gasteiger partial charge in [0.15, 0.2) is 0 Å². The number of aliphatic hydroxyl groups excluding tert-OH is 1. The second-order valence-electron chi connectivity index (χ2n) is 10.3. The number of rotatable bonds is 3. The SMILES string of the molecule is CN1CC[C@H](n2c(NC(N)=O)nc3cc(/C=C4\c5cccc(F)c5COC5C=C(F)C=CC45)ccc32)[C@@H](O)C1. The predicted molar refractivity (Wildman–Crippen MR) is 145 cm³/mol. The number of likely N-dealkylation sites (tertiary alicyclic amines) is 1. The topological polar surface area (TPSA) is 106 Å². The van der Waals surface area contributed by atoms with Crippen LogP contribution in [0.2, 0.25) is 0 Å². The summed E-state index contributed by atoms with van der Waals surface area (Å²) in [4.78, 5) is 18.5. The number of imidazole rings is 1. The number of halogens is 2. The van der Waals surface area contributed by atoms with E-state index in [1.807, 2.05) is 42.0 Å². The van der Waals surface area contributed by atoms with Crippen LogP contribution >= 0.6 is 0 Å². The molecular weight excluding hydrogens is 504 g/mol. The van der Waals surface area contributed by atoms with Gasteiger partial charge in [0.05, 0.1) is 35.9 Å². The van der Waals surface area contributed by atoms with Gasteiger partial charge >= 0.3 is 6.03 Å². The number of anilines is 1. The molecule has 2 aliphatic heterocycles. The lowest BCUT2D eigenvalue weighted by atomic mass is 9.83. The average Bonchev–Trinajstić information content (AvgIpc) is 3.14. The van der Waals surface area contributed by atoms with Crippen molar-refractivity contribution >= 4 is 34.7 Å². The molecule has 0 bridgehead atoms. The first-order valence-electron chi connectivity index (χ1n) is 12.9. The van der Waals surface area contributed by atoms with Crippen LogP contribution < -0.4 is 11.1 Å². The number of β-amino-alcohol motifs (C(OH)–C–C–N with tert-alkyl or cyclic N) is 1. The molecule has 3 aliphatic rings. The van der Waals surface area contributed by atoms with Gasteiger partial charge in [-0.25, -0.2) is 18.6 Å². The number of benzene rings is 2. The number of hydrogen-bond acceptors (Lipinski definition) is 5. The number of amides is 2. The van der Waals surface area contributed by atoms with E-state index in [2.05, 4.69) is 15.2 Å². The molecule has 10 heteroatoms. The van der Waals surface area contributed by atoms with Crippen molar-refractivity contribution < 1.29 is 23.4 Å². The number of nitrogens with two attached hydrogens (primary N) is 1. The highest BCUT2D eigenvalue weighted by atomic mass is 19.1. The lowest BCUT2D eigenvalue weighted by molar-refractivity contribution is 0.0403. The van der Waals surface area contributed by atoms with E-state index >= 15 is 0 Å². The van der Waals surface area contributed by atoms with Crippen LogP contribution in [0.5, 0.6) is 0 Å². The summed E-state index contributed by atoms with van der Waals surface area (Å²) in [5, 5.41) is 13.4. The van der Waals surface area contributed by atoms with E-state index in [0.717, 1.165) is 23.2 Å². The van der Waals surface area contributed by atoms with Gasteiger partial charge in [-0.1, -0.05) is 30.4 Å². The molecule has 8 nitrogen and oxygen atoms in total. The number of carbonyl (C=O) groups excluding carboxylic acids is 1. The van der Waals surface area contributed by atoms with Crippen molar-refractivity contribution in [3.8, 4) is 0 Å². The van der Waals surface area contributed by atoms with Crippen molar-refractivity contribution in [2.24, 2.45) is 11.7 Å². The summed E-state index contributed by atoms with van der Waals surface area (Å²) in [6.45, 7) is 1.31. The third kappa shape index (κ3) is 4.75. The van der Waals surface area contributed by atoms with Crippen LogP contribution in [0.25, 0.3) is 22.7 Å². The third-order valence-corrected chi connectivity index (χ3v) is 7.70. The molecule has 4 N–H and O–H groups in total. The van der Waals surface area contributed by atoms with E-state index in [1.54, 1.807) is 12.1 Å². The van der Waals surface area contributed by atoms with E-state index < -0.39 is 18.2 Å². The molecule has 39 heavy (non-hydrogen) atoms. The van der Waals surface area contributed by atoms with Crippen molar-refractivity contribution in [1.82, 2.24) is 14.5 Å². The van der Waals surface area contributed by atoms with Gasteiger partial charge in [-0.05, 0) is 60.5 Å². The molecule has 1 aliphatic carbocycles. The Hall–Kier alpha value is -3.86. The number of nitrogens with one attached hydrogen (secondary N) is 1. The molecule has 0 radical (unpaired) electrons. The van der Waals surface area contributed by atoms with Crippen molar-refractivity contribution in [1.29, 1.82) is 0 Å². The van der Waals surface area contributed by atoms with Crippen LogP contribution in [0.4, 0.5) is 19.5 Å². The Bertz CT molecular complexity index is 1550. The zero-order valence-corrected chi connectivity index (χ0v) is 21.3. The van der Waals surface area contributed by atoms with E-state index in [9.17, 15) is 18.7 Å². The zero-order chi connectivity index (χ0) is 27.3. The van der Waals surface area contributed by atoms with Crippen LogP contribution in [0.3, 0.4) is 0 Å². The number of aliphatic hydroxyl groups is 1. The monoisotopic (exact) mass is 533 g/mol. The van der Waals surface area contributed by atoms with E-state index in [-0.39, 0.29) is 36.2 Å². The number of nitrogens with zero attached hydrogens (tertiary/aromatic N) is 3. The first kappa shape index (κ1) is 25.4. The highest BCUT2D eigenvalue weighted by Crippen LogP contribution is 2.40. The molecule has 3 aromatic rings. The van der Waals surface area contributed by atoms with E-state index in [0.29, 0.717) is 29.6 Å². The van der Waals surface area contributed by atoms with Gasteiger partial charge in [-0.15, -0.1) is 0 Å². The van der Waals surface area contributed by atoms with Crippen molar-refractivity contribution in [3.05, 3.63) is 83.0 Å². The molecule has 2 aromatic carbocycles. The van der Waals surface area contributed by atoms with E-state index in [4.69, 9.17) is 10.5 Å². The van der Waals surface area contributed by atoms with Crippen LogP contribution in [0.1, 0.15) is 29.2 Å². The zero-order valence-electron chi connectivity index (χ0n) is 21.3. The molecule has 3 heterocycles. The molecule has 0 spiro atoms. The Balaban J connectivity index is 1.47. The minimum Gasteiger partial charge on any atom is -0.390 e.